The summed E-state index contributed by atoms with van der Waals surface area (Å²) in [5, 5.41) is 4.81. The summed E-state index contributed by atoms with van der Waals surface area (Å²) < 4.78 is 0.996. The van der Waals surface area contributed by atoms with Crippen molar-refractivity contribution in [1.29, 1.82) is 0 Å². The van der Waals surface area contributed by atoms with E-state index in [1.165, 1.54) is 16.0 Å². The van der Waals surface area contributed by atoms with Crippen LogP contribution in [0.1, 0.15) is 18.7 Å². The second-order valence-electron chi connectivity index (χ2n) is 6.21. The second kappa shape index (κ2) is 5.88. The normalized spacial score (nSPS) is 15.6. The average molecular weight is 393 g/mol. The highest BCUT2D eigenvalue weighted by Crippen LogP contribution is 2.45. The van der Waals surface area contributed by atoms with Gasteiger partial charge in [0.2, 0.25) is 0 Å². The monoisotopic (exact) mass is 392 g/mol. The minimum absolute atomic E-state index is 0.120. The molecule has 0 aliphatic carbocycles. The highest BCUT2D eigenvalue weighted by atomic mass is 35.5. The molecule has 0 spiro atoms. The number of rotatable bonds is 1. The lowest BCUT2D eigenvalue weighted by Gasteiger charge is -2.33. The highest BCUT2D eigenvalue weighted by molar-refractivity contribution is 7.68. The van der Waals surface area contributed by atoms with Gasteiger partial charge in [-0.1, -0.05) is 62.1 Å². The minimum Gasteiger partial charge on any atom is -0.375 e. The van der Waals surface area contributed by atoms with Crippen LogP contribution in [0.5, 0.6) is 0 Å². The van der Waals surface area contributed by atoms with E-state index in [1.54, 1.807) is 26.7 Å². The van der Waals surface area contributed by atoms with Crippen molar-refractivity contribution in [2.45, 2.75) is 19.4 Å². The molecule has 1 aliphatic rings. The molecule has 24 heavy (non-hydrogen) atoms. The van der Waals surface area contributed by atoms with E-state index in [9.17, 15) is 0 Å². The van der Waals surface area contributed by atoms with Gasteiger partial charge in [-0.25, -0.2) is 4.99 Å². The Hall–Kier alpha value is -1.33. The van der Waals surface area contributed by atoms with Crippen LogP contribution >= 0.6 is 43.9 Å². The quantitative estimate of drug-likeness (QED) is 0.459. The summed E-state index contributed by atoms with van der Waals surface area (Å²) in [4.78, 5) is 6.14. The minimum atomic E-state index is -0.120. The van der Waals surface area contributed by atoms with Gasteiger partial charge in [0.05, 0.1) is 16.1 Å². The molecule has 0 bridgehead atoms. The fraction of sp³-hybridized carbons (Fsp3) is 0.167. The summed E-state index contributed by atoms with van der Waals surface area (Å²) in [6.07, 6.45) is 0. The molecular formula is C18H14Cl2N2S2. The molecule has 1 aliphatic heterocycles. The van der Waals surface area contributed by atoms with Crippen molar-refractivity contribution in [3.05, 3.63) is 62.1 Å². The van der Waals surface area contributed by atoms with Crippen LogP contribution < -0.4 is 9.99 Å². The molecule has 0 radical (unpaired) electrons. The Morgan fingerprint density at radius 2 is 1.71 bits per heavy atom. The van der Waals surface area contributed by atoms with E-state index < -0.39 is 0 Å². The van der Waals surface area contributed by atoms with Gasteiger partial charge >= 0.3 is 0 Å². The first-order valence-corrected chi connectivity index (χ1v) is 10.4. The SMILES string of the molecule is CC1(C)Nc2ccccc2-c2c1ssc2=Nc1cc(Cl)cc(Cl)c1. The van der Waals surface area contributed by atoms with Gasteiger partial charge in [0.15, 0.2) is 0 Å². The topological polar surface area (TPSA) is 24.4 Å². The predicted octanol–water partition coefficient (Wildman–Crippen LogP) is 6.68. The Morgan fingerprint density at radius 1 is 1.00 bits per heavy atom. The Balaban J connectivity index is 1.98. The van der Waals surface area contributed by atoms with E-state index in [4.69, 9.17) is 28.2 Å². The summed E-state index contributed by atoms with van der Waals surface area (Å²) >= 11 is 12.2. The maximum absolute atomic E-state index is 6.11. The van der Waals surface area contributed by atoms with Crippen LogP contribution in [0.2, 0.25) is 10.0 Å². The largest absolute Gasteiger partial charge is 0.375 e. The van der Waals surface area contributed by atoms with Crippen LogP contribution in [0.4, 0.5) is 11.4 Å². The van der Waals surface area contributed by atoms with Crippen LogP contribution in [0.25, 0.3) is 11.1 Å². The molecule has 2 nitrogen and oxygen atoms in total. The molecule has 1 aromatic heterocycles. The van der Waals surface area contributed by atoms with Gasteiger partial charge in [-0.05, 0) is 38.1 Å². The molecule has 0 amide bonds. The Bertz CT molecular complexity index is 982. The molecule has 6 heteroatoms. The molecule has 122 valence electrons. The third kappa shape index (κ3) is 2.78. The molecule has 3 aromatic rings. The van der Waals surface area contributed by atoms with Gasteiger partial charge in [0.1, 0.15) is 4.67 Å². The predicted molar refractivity (Wildman–Crippen MR) is 106 cm³/mol. The molecular weight excluding hydrogens is 379 g/mol. The standard InChI is InChI=1S/C18H14Cl2N2S2/c1-18(2)16-15(13-5-3-4-6-14(13)22-18)17(24-23-16)21-12-8-10(19)7-11(20)9-12/h3-9,22H,1-2H3. The maximum Gasteiger partial charge on any atom is 0.135 e. The molecule has 0 saturated carbocycles. The number of nitrogens with one attached hydrogen (secondary N) is 1. The molecule has 0 atom stereocenters. The number of fused-ring (bicyclic) bond motifs is 3. The first-order valence-electron chi connectivity index (χ1n) is 7.46. The molecule has 2 aromatic carbocycles. The number of halogens is 2. The second-order valence-corrected chi connectivity index (χ2v) is 9.21. The van der Waals surface area contributed by atoms with Crippen LogP contribution in [-0.2, 0) is 5.54 Å². The zero-order chi connectivity index (χ0) is 16.9. The lowest BCUT2D eigenvalue weighted by atomic mass is 9.90. The van der Waals surface area contributed by atoms with Crippen molar-refractivity contribution in [2.24, 2.45) is 4.99 Å². The molecule has 0 fully saturated rings. The fourth-order valence-corrected chi connectivity index (χ4v) is 6.37. The summed E-state index contributed by atoms with van der Waals surface area (Å²) in [5.74, 6) is 0. The third-order valence-corrected chi connectivity index (χ3v) is 7.01. The van der Waals surface area contributed by atoms with E-state index in [2.05, 4.69) is 43.4 Å². The van der Waals surface area contributed by atoms with Gasteiger partial charge in [0, 0.05) is 26.9 Å². The number of nitrogens with zero attached hydrogens (tertiary/aromatic N) is 1. The van der Waals surface area contributed by atoms with Gasteiger partial charge in [-0.3, -0.25) is 0 Å². The zero-order valence-electron chi connectivity index (χ0n) is 13.1. The van der Waals surface area contributed by atoms with Crippen molar-refractivity contribution in [1.82, 2.24) is 0 Å². The lowest BCUT2D eigenvalue weighted by molar-refractivity contribution is 0.619. The van der Waals surface area contributed by atoms with Gasteiger partial charge in [-0.15, -0.1) is 0 Å². The number of benzene rings is 2. The molecule has 0 unspecified atom stereocenters. The Labute approximate surface area is 157 Å². The molecule has 1 N–H and O–H groups in total. The number of para-hydroxylation sites is 1. The lowest BCUT2D eigenvalue weighted by Crippen LogP contribution is -2.31. The van der Waals surface area contributed by atoms with Crippen molar-refractivity contribution >= 4 is 55.3 Å². The zero-order valence-corrected chi connectivity index (χ0v) is 16.2. The van der Waals surface area contributed by atoms with Crippen molar-refractivity contribution < 1.29 is 0 Å². The summed E-state index contributed by atoms with van der Waals surface area (Å²) in [7, 11) is 3.46. The molecule has 2 heterocycles. The Kier molecular flexibility index (Phi) is 3.96. The molecule has 4 rings (SSSR count). The summed E-state index contributed by atoms with van der Waals surface area (Å²) in [5.41, 5.74) is 4.20. The van der Waals surface area contributed by atoms with Gasteiger partial charge in [-0.2, -0.15) is 0 Å². The van der Waals surface area contributed by atoms with E-state index in [0.717, 1.165) is 16.0 Å². The number of anilines is 1. The van der Waals surface area contributed by atoms with Crippen LogP contribution in [0.3, 0.4) is 0 Å². The number of hydrogen-bond donors (Lipinski definition) is 1. The van der Waals surface area contributed by atoms with Gasteiger partial charge in [0.25, 0.3) is 0 Å². The highest BCUT2D eigenvalue weighted by Gasteiger charge is 2.33. The van der Waals surface area contributed by atoms with Crippen molar-refractivity contribution in [3.63, 3.8) is 0 Å². The van der Waals surface area contributed by atoms with E-state index in [-0.39, 0.29) is 5.54 Å². The van der Waals surface area contributed by atoms with Gasteiger partial charge < -0.3 is 5.32 Å². The maximum atomic E-state index is 6.11. The smallest absolute Gasteiger partial charge is 0.135 e. The average Bonchev–Trinajstić information content (AvgIpc) is 2.91. The summed E-state index contributed by atoms with van der Waals surface area (Å²) in [6.45, 7) is 4.40. The van der Waals surface area contributed by atoms with Crippen molar-refractivity contribution in [2.75, 3.05) is 5.32 Å². The first kappa shape index (κ1) is 16.2. The van der Waals surface area contributed by atoms with Crippen molar-refractivity contribution in [3.8, 4) is 11.1 Å². The third-order valence-electron chi connectivity index (χ3n) is 3.93. The number of hydrogen-bond acceptors (Lipinski definition) is 4. The van der Waals surface area contributed by atoms with E-state index in [0.29, 0.717) is 10.0 Å². The first-order chi connectivity index (χ1) is 11.4. The van der Waals surface area contributed by atoms with E-state index >= 15 is 0 Å². The molecule has 0 saturated heterocycles. The fourth-order valence-electron chi connectivity index (χ4n) is 2.91. The van der Waals surface area contributed by atoms with E-state index in [1.807, 2.05) is 12.1 Å². The van der Waals surface area contributed by atoms with Crippen LogP contribution in [-0.4, -0.2) is 0 Å². The Morgan fingerprint density at radius 3 is 2.46 bits per heavy atom. The van der Waals surface area contributed by atoms with Crippen LogP contribution in [0, 0.1) is 0 Å². The summed E-state index contributed by atoms with van der Waals surface area (Å²) in [6, 6.07) is 13.8. The van der Waals surface area contributed by atoms with Crippen LogP contribution in [0.15, 0.2) is 47.5 Å².